The first-order chi connectivity index (χ1) is 8.56. The Hall–Kier alpha value is -2.07. The van der Waals surface area contributed by atoms with E-state index in [4.69, 9.17) is 16.3 Å². The van der Waals surface area contributed by atoms with Crippen LogP contribution in [0.4, 0.5) is 5.69 Å². The van der Waals surface area contributed by atoms with Gasteiger partial charge in [0.1, 0.15) is 5.75 Å². The van der Waals surface area contributed by atoms with Crippen molar-refractivity contribution in [1.82, 2.24) is 0 Å². The van der Waals surface area contributed by atoms with Crippen LogP contribution < -0.4 is 4.74 Å². The van der Waals surface area contributed by atoms with Crippen LogP contribution in [0.5, 0.6) is 11.5 Å². The predicted molar refractivity (Wildman–Crippen MR) is 69.1 cm³/mol. The minimum Gasteiger partial charge on any atom is -0.450 e. The summed E-state index contributed by atoms with van der Waals surface area (Å²) < 4.78 is 5.45. The van der Waals surface area contributed by atoms with Gasteiger partial charge in [-0.3, -0.25) is 10.1 Å². The van der Waals surface area contributed by atoms with Crippen LogP contribution in [0.1, 0.15) is 5.56 Å². The van der Waals surface area contributed by atoms with E-state index in [-0.39, 0.29) is 11.4 Å². The van der Waals surface area contributed by atoms with E-state index in [1.165, 1.54) is 12.1 Å². The molecule has 0 aliphatic rings. The standard InChI is InChI=1S/C13H9ClNO3/c1-9-2-7-13(12(8-9)15(16)17)18-11-5-3-10(14)4-6-11/h2-8H,1H2. The van der Waals surface area contributed by atoms with Gasteiger partial charge in [-0.1, -0.05) is 17.7 Å². The fourth-order valence-electron chi connectivity index (χ4n) is 1.42. The summed E-state index contributed by atoms with van der Waals surface area (Å²) in [5.74, 6) is 0.661. The lowest BCUT2D eigenvalue weighted by molar-refractivity contribution is -0.385. The first-order valence-corrected chi connectivity index (χ1v) is 5.48. The maximum Gasteiger partial charge on any atom is 0.311 e. The summed E-state index contributed by atoms with van der Waals surface area (Å²) in [5, 5.41) is 11.5. The molecule has 0 atom stereocenters. The van der Waals surface area contributed by atoms with E-state index in [9.17, 15) is 10.1 Å². The highest BCUT2D eigenvalue weighted by Crippen LogP contribution is 2.32. The van der Waals surface area contributed by atoms with Crippen molar-refractivity contribution in [3.63, 3.8) is 0 Å². The molecule has 0 saturated carbocycles. The lowest BCUT2D eigenvalue weighted by atomic mass is 10.2. The molecule has 0 heterocycles. The molecule has 0 bridgehead atoms. The molecule has 4 nitrogen and oxygen atoms in total. The van der Waals surface area contributed by atoms with Crippen molar-refractivity contribution < 1.29 is 9.66 Å². The Morgan fingerprint density at radius 3 is 2.44 bits per heavy atom. The Labute approximate surface area is 109 Å². The van der Waals surface area contributed by atoms with Gasteiger partial charge in [0, 0.05) is 11.1 Å². The molecule has 0 unspecified atom stereocenters. The number of nitro benzene ring substituents is 1. The molecule has 0 N–H and O–H groups in total. The molecule has 0 saturated heterocycles. The minimum atomic E-state index is -0.500. The van der Waals surface area contributed by atoms with Gasteiger partial charge in [-0.2, -0.15) is 0 Å². The molecule has 2 aromatic rings. The number of benzene rings is 2. The molecule has 0 fully saturated rings. The van der Waals surface area contributed by atoms with Crippen LogP contribution in [0, 0.1) is 17.0 Å². The Bertz CT molecular complexity index is 581. The van der Waals surface area contributed by atoms with Gasteiger partial charge in [0.15, 0.2) is 0 Å². The molecule has 5 heteroatoms. The molecule has 0 amide bonds. The highest BCUT2D eigenvalue weighted by atomic mass is 35.5. The van der Waals surface area contributed by atoms with Crippen molar-refractivity contribution in [3.8, 4) is 11.5 Å². The van der Waals surface area contributed by atoms with Crippen molar-refractivity contribution in [3.05, 3.63) is 70.1 Å². The van der Waals surface area contributed by atoms with Crippen LogP contribution in [-0.2, 0) is 0 Å². The molecule has 2 aromatic carbocycles. The van der Waals surface area contributed by atoms with Gasteiger partial charge in [-0.15, -0.1) is 0 Å². The monoisotopic (exact) mass is 262 g/mol. The lowest BCUT2D eigenvalue weighted by Gasteiger charge is -2.06. The topological polar surface area (TPSA) is 52.4 Å². The Kier molecular flexibility index (Phi) is 3.48. The molecule has 0 aliphatic heterocycles. The van der Waals surface area contributed by atoms with Crippen LogP contribution in [0.15, 0.2) is 42.5 Å². The second-order valence-electron chi connectivity index (χ2n) is 3.62. The molecular weight excluding hydrogens is 254 g/mol. The quantitative estimate of drug-likeness (QED) is 0.615. The van der Waals surface area contributed by atoms with Gasteiger partial charge < -0.3 is 4.74 Å². The number of halogens is 1. The fraction of sp³-hybridized carbons (Fsp3) is 0. The van der Waals surface area contributed by atoms with Crippen molar-refractivity contribution in [1.29, 1.82) is 0 Å². The zero-order valence-corrected chi connectivity index (χ0v) is 10.1. The maximum absolute atomic E-state index is 10.9. The minimum absolute atomic E-state index is 0.113. The average Bonchev–Trinajstić information content (AvgIpc) is 2.34. The number of nitro groups is 1. The van der Waals surface area contributed by atoms with Crippen LogP contribution in [0.3, 0.4) is 0 Å². The van der Waals surface area contributed by atoms with Crippen molar-refractivity contribution in [2.75, 3.05) is 0 Å². The molecule has 2 rings (SSSR count). The van der Waals surface area contributed by atoms with E-state index in [2.05, 4.69) is 6.92 Å². The van der Waals surface area contributed by atoms with Crippen molar-refractivity contribution >= 4 is 17.3 Å². The highest BCUT2D eigenvalue weighted by molar-refractivity contribution is 6.30. The van der Waals surface area contributed by atoms with Gasteiger partial charge in [0.25, 0.3) is 0 Å². The third-order valence-corrected chi connectivity index (χ3v) is 2.51. The van der Waals surface area contributed by atoms with Gasteiger partial charge >= 0.3 is 5.69 Å². The second-order valence-corrected chi connectivity index (χ2v) is 4.05. The lowest BCUT2D eigenvalue weighted by Crippen LogP contribution is -1.94. The number of ether oxygens (including phenoxy) is 1. The van der Waals surface area contributed by atoms with Crippen LogP contribution in [-0.4, -0.2) is 4.92 Å². The molecular formula is C13H9ClNO3. The normalized spacial score (nSPS) is 10.1. The molecule has 91 valence electrons. The van der Waals surface area contributed by atoms with Gasteiger partial charge in [0.05, 0.1) is 4.92 Å². The molecule has 18 heavy (non-hydrogen) atoms. The SMILES string of the molecule is [CH2]c1ccc(Oc2ccc(Cl)cc2)c([N+](=O)[O-])c1. The van der Waals surface area contributed by atoms with Crippen molar-refractivity contribution in [2.24, 2.45) is 0 Å². The summed E-state index contributed by atoms with van der Waals surface area (Å²) in [6.07, 6.45) is 0. The number of hydrogen-bond acceptors (Lipinski definition) is 3. The summed E-state index contributed by atoms with van der Waals surface area (Å²) in [6, 6.07) is 11.1. The Morgan fingerprint density at radius 1 is 1.17 bits per heavy atom. The molecule has 0 aliphatic carbocycles. The molecule has 1 radical (unpaired) electrons. The first kappa shape index (κ1) is 12.4. The summed E-state index contributed by atoms with van der Waals surface area (Å²) in [7, 11) is 0. The van der Waals surface area contributed by atoms with E-state index in [0.717, 1.165) is 0 Å². The van der Waals surface area contributed by atoms with E-state index in [1.807, 2.05) is 0 Å². The summed E-state index contributed by atoms with van der Waals surface area (Å²) in [4.78, 5) is 10.4. The van der Waals surface area contributed by atoms with Crippen LogP contribution in [0.2, 0.25) is 5.02 Å². The Morgan fingerprint density at radius 2 is 1.83 bits per heavy atom. The Balaban J connectivity index is 2.34. The van der Waals surface area contributed by atoms with Gasteiger partial charge in [0.2, 0.25) is 5.75 Å². The summed E-state index contributed by atoms with van der Waals surface area (Å²) >= 11 is 5.75. The number of rotatable bonds is 3. The second kappa shape index (κ2) is 5.06. The number of nitrogens with zero attached hydrogens (tertiary/aromatic N) is 1. The fourth-order valence-corrected chi connectivity index (χ4v) is 1.55. The van der Waals surface area contributed by atoms with Crippen LogP contribution in [0.25, 0.3) is 0 Å². The highest BCUT2D eigenvalue weighted by Gasteiger charge is 2.15. The predicted octanol–water partition coefficient (Wildman–Crippen LogP) is 4.22. The molecule has 0 spiro atoms. The van der Waals surface area contributed by atoms with E-state index < -0.39 is 4.92 Å². The zero-order chi connectivity index (χ0) is 13.1. The van der Waals surface area contributed by atoms with E-state index >= 15 is 0 Å². The van der Waals surface area contributed by atoms with E-state index in [1.54, 1.807) is 30.3 Å². The van der Waals surface area contributed by atoms with Gasteiger partial charge in [-0.05, 0) is 42.8 Å². The van der Waals surface area contributed by atoms with E-state index in [0.29, 0.717) is 16.3 Å². The third-order valence-electron chi connectivity index (χ3n) is 2.26. The number of hydrogen-bond donors (Lipinski definition) is 0. The summed E-state index contributed by atoms with van der Waals surface area (Å²) in [5.41, 5.74) is 0.447. The molecule has 0 aromatic heterocycles. The third kappa shape index (κ3) is 2.78. The first-order valence-electron chi connectivity index (χ1n) is 5.10. The van der Waals surface area contributed by atoms with Gasteiger partial charge in [-0.25, -0.2) is 0 Å². The largest absolute Gasteiger partial charge is 0.450 e. The van der Waals surface area contributed by atoms with Crippen molar-refractivity contribution in [2.45, 2.75) is 0 Å². The maximum atomic E-state index is 10.9. The smallest absolute Gasteiger partial charge is 0.311 e. The van der Waals surface area contributed by atoms with Crippen LogP contribution >= 0.6 is 11.6 Å². The summed E-state index contributed by atoms with van der Waals surface area (Å²) in [6.45, 7) is 3.65. The zero-order valence-electron chi connectivity index (χ0n) is 9.30. The average molecular weight is 263 g/mol.